The zero-order valence-corrected chi connectivity index (χ0v) is 44.9. The SMILES string of the molecule is CC(C)=CCC[C@](C)(O[C@@H]1O[C@H](CO[C@@H]2OC[C@@H](O)[C@H](O)[C@H]2O)[C@@H](O)[C@H](O)[C@H]1O)[C@H]1CC[C@]2(C)[C@@H]1C(=O)C[C@@H]1[C@@]3(C)C[C@@H](O)[C@H](O[C@@H]4O[C@H](CO)[C@@H](O)[C@H](O)[C@H]4O[C@@H]4O[C@H](CO)[C@@H](O)[C@H](O)[C@H]4O)C(C)(C)[C@@H]3CC[C@]12C. The van der Waals surface area contributed by atoms with E-state index < -0.39 is 188 Å². The Morgan fingerprint density at radius 2 is 1.21 bits per heavy atom. The highest BCUT2D eigenvalue weighted by atomic mass is 16.8. The number of rotatable bonds is 15. The van der Waals surface area contributed by atoms with Crippen LogP contribution in [0, 0.1) is 45.3 Å². The maximum absolute atomic E-state index is 15.4. The normalized spacial score (nSPS) is 52.2. The summed E-state index contributed by atoms with van der Waals surface area (Å²) < 4.78 is 48.3. The van der Waals surface area contributed by atoms with Crippen molar-refractivity contribution in [3.05, 3.63) is 11.6 Å². The fraction of sp³-hybridized carbons (Fsp3) is 0.943. The van der Waals surface area contributed by atoms with Gasteiger partial charge < -0.3 is 109 Å². The van der Waals surface area contributed by atoms with Gasteiger partial charge in [-0.2, -0.15) is 0 Å². The number of fused-ring (bicyclic) bond motifs is 5. The van der Waals surface area contributed by atoms with Gasteiger partial charge in [0.25, 0.3) is 0 Å². The molecule has 0 aromatic heterocycles. The Morgan fingerprint density at radius 1 is 0.645 bits per heavy atom. The van der Waals surface area contributed by atoms with Crippen LogP contribution in [0.1, 0.15) is 107 Å². The van der Waals surface area contributed by atoms with Crippen LogP contribution >= 0.6 is 0 Å². The maximum Gasteiger partial charge on any atom is 0.187 e. The molecule has 4 saturated carbocycles. The first-order valence-electron chi connectivity index (χ1n) is 27.2. The van der Waals surface area contributed by atoms with Gasteiger partial charge in [0.05, 0.1) is 44.2 Å². The molecule has 4 aliphatic heterocycles. The van der Waals surface area contributed by atoms with Gasteiger partial charge in [-0.05, 0) is 105 Å². The molecule has 8 rings (SSSR count). The van der Waals surface area contributed by atoms with Crippen LogP contribution in [0.25, 0.3) is 0 Å². The molecule has 76 heavy (non-hydrogen) atoms. The van der Waals surface area contributed by atoms with Gasteiger partial charge >= 0.3 is 0 Å². The molecule has 0 bridgehead atoms. The van der Waals surface area contributed by atoms with E-state index in [1.165, 1.54) is 0 Å². The van der Waals surface area contributed by atoms with E-state index >= 15 is 4.79 Å². The summed E-state index contributed by atoms with van der Waals surface area (Å²) in [6.45, 7) is 14.1. The molecule has 0 unspecified atom stereocenters. The van der Waals surface area contributed by atoms with E-state index in [9.17, 15) is 71.5 Å². The van der Waals surface area contributed by atoms with Gasteiger partial charge in [-0.1, -0.05) is 46.3 Å². The first-order valence-corrected chi connectivity index (χ1v) is 27.2. The summed E-state index contributed by atoms with van der Waals surface area (Å²) in [5.74, 6) is -1.27. The van der Waals surface area contributed by atoms with Crippen molar-refractivity contribution in [1.29, 1.82) is 0 Å². The fourth-order valence-corrected chi connectivity index (χ4v) is 15.8. The minimum atomic E-state index is -1.87. The summed E-state index contributed by atoms with van der Waals surface area (Å²) in [6, 6.07) is 0. The first-order chi connectivity index (χ1) is 35.5. The Bertz CT molecular complexity index is 2030. The van der Waals surface area contributed by atoms with Crippen LogP contribution in [0.15, 0.2) is 11.6 Å². The van der Waals surface area contributed by atoms with Crippen molar-refractivity contribution in [2.75, 3.05) is 26.4 Å². The van der Waals surface area contributed by atoms with E-state index in [2.05, 4.69) is 26.8 Å². The van der Waals surface area contributed by atoms with E-state index in [-0.39, 0.29) is 37.1 Å². The van der Waals surface area contributed by atoms with Crippen molar-refractivity contribution in [1.82, 2.24) is 0 Å². The summed E-state index contributed by atoms with van der Waals surface area (Å²) in [5.41, 5.74) is -2.65. The minimum Gasteiger partial charge on any atom is -0.394 e. The lowest BCUT2D eigenvalue weighted by Gasteiger charge is -2.70. The van der Waals surface area contributed by atoms with Gasteiger partial charge in [0.2, 0.25) is 0 Å². The molecule has 23 heteroatoms. The molecule has 438 valence electrons. The zero-order chi connectivity index (χ0) is 55.9. The third kappa shape index (κ3) is 10.4. The van der Waals surface area contributed by atoms with Crippen molar-refractivity contribution in [2.24, 2.45) is 45.3 Å². The lowest BCUT2D eigenvalue weighted by atomic mass is 9.35. The van der Waals surface area contributed by atoms with E-state index in [1.807, 2.05) is 34.6 Å². The molecule has 0 radical (unpaired) electrons. The molecule has 0 spiro atoms. The molecule has 0 aromatic carbocycles. The fourth-order valence-electron chi connectivity index (χ4n) is 15.8. The average molecular weight is 1090 g/mol. The number of allylic oxidation sites excluding steroid dienone is 2. The highest BCUT2D eigenvalue weighted by molar-refractivity contribution is 5.84. The van der Waals surface area contributed by atoms with Crippen LogP contribution in [0.2, 0.25) is 0 Å². The van der Waals surface area contributed by atoms with Crippen molar-refractivity contribution in [3.63, 3.8) is 0 Å². The minimum absolute atomic E-state index is 0.0358. The highest BCUT2D eigenvalue weighted by Gasteiger charge is 2.73. The number of carbonyl (C=O) groups is 1. The van der Waals surface area contributed by atoms with Crippen LogP contribution in [0.4, 0.5) is 0 Å². The zero-order valence-electron chi connectivity index (χ0n) is 44.9. The number of carbonyl (C=O) groups excluding carboxylic acids is 1. The molecule has 8 aliphatic rings. The Labute approximate surface area is 443 Å². The van der Waals surface area contributed by atoms with Crippen LogP contribution in [-0.4, -0.2) is 238 Å². The second kappa shape index (κ2) is 22.7. The molecule has 0 aromatic rings. The molecule has 8 fully saturated rings. The summed E-state index contributed by atoms with van der Waals surface area (Å²) in [7, 11) is 0. The molecule has 4 heterocycles. The molecular formula is C53H88O23. The number of ketones is 1. The lowest BCUT2D eigenvalue weighted by molar-refractivity contribution is -0.383. The average Bonchev–Trinajstić information content (AvgIpc) is 3.95. The monoisotopic (exact) mass is 1090 g/mol. The number of hydrogen-bond donors (Lipinski definition) is 14. The second-order valence-electron chi connectivity index (χ2n) is 25.3. The Hall–Kier alpha value is -1.47. The van der Waals surface area contributed by atoms with Crippen LogP contribution in [0.3, 0.4) is 0 Å². The van der Waals surface area contributed by atoms with E-state index in [0.29, 0.717) is 38.5 Å². The van der Waals surface area contributed by atoms with E-state index in [4.69, 9.17) is 37.9 Å². The maximum atomic E-state index is 15.4. The Morgan fingerprint density at radius 3 is 1.84 bits per heavy atom. The van der Waals surface area contributed by atoms with E-state index in [0.717, 1.165) is 5.57 Å². The summed E-state index contributed by atoms with van der Waals surface area (Å²) in [5, 5.41) is 151. The molecule has 4 aliphatic carbocycles. The van der Waals surface area contributed by atoms with Crippen molar-refractivity contribution >= 4 is 5.78 Å². The third-order valence-electron chi connectivity index (χ3n) is 20.2. The second-order valence-corrected chi connectivity index (χ2v) is 25.3. The highest BCUT2D eigenvalue weighted by Crippen LogP contribution is 2.75. The van der Waals surface area contributed by atoms with Gasteiger partial charge in [0.1, 0.15) is 97.3 Å². The van der Waals surface area contributed by atoms with Crippen molar-refractivity contribution < 1.29 is 114 Å². The predicted octanol–water partition coefficient (Wildman–Crippen LogP) is -2.38. The Kier molecular flexibility index (Phi) is 18.1. The molecular weight excluding hydrogens is 1000 g/mol. The molecule has 4 saturated heterocycles. The molecule has 23 nitrogen and oxygen atoms in total. The summed E-state index contributed by atoms with van der Waals surface area (Å²) in [4.78, 5) is 15.4. The van der Waals surface area contributed by atoms with Crippen LogP contribution in [0.5, 0.6) is 0 Å². The van der Waals surface area contributed by atoms with Crippen molar-refractivity contribution in [2.45, 2.75) is 241 Å². The largest absolute Gasteiger partial charge is 0.394 e. The Balaban J connectivity index is 1.03. The van der Waals surface area contributed by atoms with Gasteiger partial charge in [0, 0.05) is 12.3 Å². The molecule has 14 N–H and O–H groups in total. The topological polar surface area (TPSA) is 374 Å². The number of aliphatic hydroxyl groups excluding tert-OH is 14. The number of Topliss-reactive ketones (excluding diaryl/α,β-unsaturated/α-hetero) is 1. The number of hydrogen-bond acceptors (Lipinski definition) is 23. The number of aliphatic hydroxyl groups is 14. The smallest absolute Gasteiger partial charge is 0.187 e. The van der Waals surface area contributed by atoms with Gasteiger partial charge in [-0.25, -0.2) is 0 Å². The van der Waals surface area contributed by atoms with Gasteiger partial charge in [0.15, 0.2) is 25.2 Å². The summed E-state index contributed by atoms with van der Waals surface area (Å²) in [6.07, 6.45) is -26.8. The number of ether oxygens (including phenoxy) is 8. The molecule has 29 atom stereocenters. The lowest BCUT2D eigenvalue weighted by Crippen LogP contribution is -2.69. The third-order valence-corrected chi connectivity index (χ3v) is 20.2. The van der Waals surface area contributed by atoms with Crippen LogP contribution in [-0.2, 0) is 42.7 Å². The van der Waals surface area contributed by atoms with Crippen molar-refractivity contribution in [3.8, 4) is 0 Å². The standard InChI is InChI=1S/C53H88O23/c1-22(2)10-9-13-53(8,76-47-42(68)38(64)36(62)29(73-47)21-70-45-40(66)33(59)26(58)20-69-45)23-11-14-52(7)32(23)24(56)16-31-50(5)17-25(57)44(49(3,4)30(50)12-15-51(31,52)6)75-48-43(39(65)35(61)28(19-55)72-48)74-46-41(67)37(63)34(60)27(18-54)71-46/h10,23,25-48,54-55,57-68H,9,11-21H2,1-8H3/t23-,25+,26+,27+,28+,29+,30-,31+,32-,33-,34+,35+,36+,37-,38-,39-,40+,41+,42+,43+,44-,45-,46-,47-,48-,50-,51+,52+,53-/m0/s1. The van der Waals surface area contributed by atoms with Gasteiger partial charge in [-0.15, -0.1) is 0 Å². The van der Waals surface area contributed by atoms with Gasteiger partial charge in [-0.3, -0.25) is 4.79 Å². The predicted molar refractivity (Wildman–Crippen MR) is 261 cm³/mol. The summed E-state index contributed by atoms with van der Waals surface area (Å²) >= 11 is 0. The van der Waals surface area contributed by atoms with Crippen LogP contribution < -0.4 is 0 Å². The first kappa shape index (κ1) is 60.6. The quantitative estimate of drug-likeness (QED) is 0.0601. The molecule has 0 amide bonds. The van der Waals surface area contributed by atoms with E-state index in [1.54, 1.807) is 0 Å².